The van der Waals surface area contributed by atoms with E-state index in [-0.39, 0.29) is 15.7 Å². The number of urea groups is 1. The summed E-state index contributed by atoms with van der Waals surface area (Å²) in [4.78, 5) is 12.0. The fourth-order valence-corrected chi connectivity index (χ4v) is 1.60. The van der Waals surface area contributed by atoms with Crippen LogP contribution in [-0.2, 0) is 0 Å². The average Bonchev–Trinajstić information content (AvgIpc) is 2.51. The molecule has 0 aliphatic carbocycles. The van der Waals surface area contributed by atoms with Gasteiger partial charge in [-0.25, -0.2) is 4.79 Å². The molecule has 0 saturated carbocycles. The maximum absolute atomic E-state index is 12.0. The second kappa shape index (κ2) is 6.15. The van der Waals surface area contributed by atoms with Gasteiger partial charge in [-0.05, 0) is 42.4 Å². The Morgan fingerprint density at radius 1 is 0.947 bits per heavy atom. The Bertz CT molecular complexity index is 772. The molecule has 0 radical (unpaired) electrons. The van der Waals surface area contributed by atoms with Crippen LogP contribution in [-0.4, -0.2) is 6.03 Å². The molecule has 2 aromatic rings. The van der Waals surface area contributed by atoms with Gasteiger partial charge in [-0.1, -0.05) is 34.8 Å². The third-order valence-electron chi connectivity index (χ3n) is 2.01. The lowest BCUT2D eigenvalue weighted by Crippen LogP contribution is -2.19. The van der Waals surface area contributed by atoms with Crippen LogP contribution in [0.25, 0.3) is 0 Å². The Morgan fingerprint density at radius 3 is 2.21 bits per heavy atom. The first-order valence-corrected chi connectivity index (χ1v) is 6.14. The molecule has 2 amide bonds. The number of anilines is 2. The van der Waals surface area contributed by atoms with Crippen molar-refractivity contribution in [2.24, 2.45) is 0 Å². The number of benzene rings is 2. The molecule has 0 heterocycles. The first kappa shape index (κ1) is 9.48. The second-order valence-corrected chi connectivity index (χ2v) is 4.59. The van der Waals surface area contributed by atoms with E-state index in [1.807, 2.05) is 0 Å². The molecule has 0 aliphatic rings. The molecule has 0 aliphatic heterocycles. The lowest BCUT2D eigenvalue weighted by molar-refractivity contribution is 0.262. The van der Waals surface area contributed by atoms with E-state index in [4.69, 9.17) is 40.3 Å². The quantitative estimate of drug-likeness (QED) is 0.775. The third kappa shape index (κ3) is 4.03. The van der Waals surface area contributed by atoms with Crippen LogP contribution in [0.5, 0.6) is 0 Å². The molecular weight excluding hydrogens is 307 g/mol. The SMILES string of the molecule is [2H]c1c([2H])c(NC(=O)Nc2ccc(Cl)c(Cl)c2)c([2H])c([2H])c1Cl. The Balaban J connectivity index is 2.25. The zero-order chi connectivity index (χ0) is 17.3. The van der Waals surface area contributed by atoms with Gasteiger partial charge in [0.25, 0.3) is 0 Å². The number of halogens is 3. The summed E-state index contributed by atoms with van der Waals surface area (Å²) in [6.07, 6.45) is 0. The maximum atomic E-state index is 12.0. The summed E-state index contributed by atoms with van der Waals surface area (Å²) in [7, 11) is 0. The summed E-state index contributed by atoms with van der Waals surface area (Å²) in [6, 6.07) is 1.93. The minimum atomic E-state index is -0.758. The molecule has 0 atom stereocenters. The molecule has 2 rings (SSSR count). The van der Waals surface area contributed by atoms with Crippen LogP contribution in [0.4, 0.5) is 16.2 Å². The molecule has 0 spiro atoms. The summed E-state index contributed by atoms with van der Waals surface area (Å²) in [5, 5.41) is 4.99. The summed E-state index contributed by atoms with van der Waals surface area (Å²) >= 11 is 17.3. The van der Waals surface area contributed by atoms with Gasteiger partial charge >= 0.3 is 6.03 Å². The predicted octanol–water partition coefficient (Wildman–Crippen LogP) is 5.29. The largest absolute Gasteiger partial charge is 0.323 e. The summed E-state index contributed by atoms with van der Waals surface area (Å²) in [6.45, 7) is 0. The van der Waals surface area contributed by atoms with Gasteiger partial charge in [0, 0.05) is 16.4 Å². The van der Waals surface area contributed by atoms with Crippen LogP contribution >= 0.6 is 34.8 Å². The first-order chi connectivity index (χ1) is 10.7. The minimum absolute atomic E-state index is 0.250. The number of carbonyl (C=O) groups excluding carboxylic acids is 1. The molecular formula is C13H9Cl3N2O. The predicted molar refractivity (Wildman–Crippen MR) is 80.6 cm³/mol. The second-order valence-electron chi connectivity index (χ2n) is 3.40. The average molecular weight is 320 g/mol. The van der Waals surface area contributed by atoms with Gasteiger partial charge in [-0.3, -0.25) is 0 Å². The van der Waals surface area contributed by atoms with Gasteiger partial charge in [0.05, 0.1) is 15.5 Å². The fraction of sp³-hybridized carbons (Fsp3) is 0. The van der Waals surface area contributed by atoms with Crippen LogP contribution in [0.3, 0.4) is 0 Å². The van der Waals surface area contributed by atoms with E-state index < -0.39 is 30.2 Å². The smallest absolute Gasteiger partial charge is 0.308 e. The zero-order valence-corrected chi connectivity index (χ0v) is 11.5. The van der Waals surface area contributed by atoms with Gasteiger partial charge in [0.15, 0.2) is 0 Å². The van der Waals surface area contributed by atoms with Crippen LogP contribution in [0, 0.1) is 0 Å². The van der Waals surface area contributed by atoms with E-state index in [1.165, 1.54) is 18.2 Å². The van der Waals surface area contributed by atoms with E-state index >= 15 is 0 Å². The molecule has 3 nitrogen and oxygen atoms in total. The monoisotopic (exact) mass is 318 g/mol. The molecule has 2 N–H and O–H groups in total. The maximum Gasteiger partial charge on any atom is 0.323 e. The van der Waals surface area contributed by atoms with Crippen molar-refractivity contribution in [1.29, 1.82) is 0 Å². The molecule has 98 valence electrons. The Labute approximate surface area is 131 Å². The molecule has 6 heteroatoms. The first-order valence-electron chi connectivity index (χ1n) is 7.01. The van der Waals surface area contributed by atoms with Crippen molar-refractivity contribution in [3.8, 4) is 0 Å². The molecule has 19 heavy (non-hydrogen) atoms. The van der Waals surface area contributed by atoms with Gasteiger partial charge in [-0.2, -0.15) is 0 Å². The molecule has 2 aromatic carbocycles. The van der Waals surface area contributed by atoms with E-state index in [0.717, 1.165) is 0 Å². The van der Waals surface area contributed by atoms with Crippen molar-refractivity contribution < 1.29 is 10.3 Å². The Hall–Kier alpha value is -1.42. The highest BCUT2D eigenvalue weighted by Crippen LogP contribution is 2.25. The summed E-state index contributed by atoms with van der Waals surface area (Å²) in [5.74, 6) is 0. The molecule has 0 saturated heterocycles. The number of rotatable bonds is 2. The lowest BCUT2D eigenvalue weighted by atomic mass is 10.3. The highest BCUT2D eigenvalue weighted by molar-refractivity contribution is 6.42. The zero-order valence-electron chi connectivity index (χ0n) is 13.3. The van der Waals surface area contributed by atoms with Gasteiger partial charge in [0.1, 0.15) is 0 Å². The highest BCUT2D eigenvalue weighted by atomic mass is 35.5. The number of carbonyl (C=O) groups is 1. The van der Waals surface area contributed by atoms with Crippen molar-refractivity contribution in [2.75, 3.05) is 10.6 Å². The standard InChI is InChI=1S/C13H9Cl3N2O/c14-8-1-3-9(4-2-8)17-13(19)18-10-5-6-11(15)12(16)7-10/h1-7H,(H2,17,18,19)/i1D,2D,3D,4D. The van der Waals surface area contributed by atoms with Crippen LogP contribution in [0.15, 0.2) is 42.4 Å². The van der Waals surface area contributed by atoms with Crippen LogP contribution in [0.2, 0.25) is 15.1 Å². The fourth-order valence-electron chi connectivity index (χ4n) is 1.21. The molecule has 0 aromatic heterocycles. The summed E-state index contributed by atoms with van der Waals surface area (Å²) in [5.41, 5.74) is 0.0723. The number of hydrogen-bond donors (Lipinski definition) is 2. The topological polar surface area (TPSA) is 41.1 Å². The van der Waals surface area contributed by atoms with Crippen molar-refractivity contribution in [3.05, 3.63) is 57.4 Å². The number of nitrogens with one attached hydrogen (secondary N) is 2. The highest BCUT2D eigenvalue weighted by Gasteiger charge is 2.04. The molecule has 0 bridgehead atoms. The van der Waals surface area contributed by atoms with Crippen LogP contribution < -0.4 is 10.6 Å². The normalized spacial score (nSPS) is 13.0. The third-order valence-corrected chi connectivity index (χ3v) is 2.94. The van der Waals surface area contributed by atoms with Crippen molar-refractivity contribution >= 4 is 52.2 Å². The van der Waals surface area contributed by atoms with E-state index in [9.17, 15) is 4.79 Å². The van der Waals surface area contributed by atoms with Gasteiger partial charge in [0.2, 0.25) is 0 Å². The Kier molecular flexibility index (Phi) is 3.07. The van der Waals surface area contributed by atoms with Crippen LogP contribution in [0.1, 0.15) is 5.48 Å². The lowest BCUT2D eigenvalue weighted by Gasteiger charge is -2.08. The van der Waals surface area contributed by atoms with Crippen molar-refractivity contribution in [2.45, 2.75) is 0 Å². The number of hydrogen-bond acceptors (Lipinski definition) is 1. The Morgan fingerprint density at radius 2 is 1.58 bits per heavy atom. The van der Waals surface area contributed by atoms with E-state index in [0.29, 0.717) is 10.7 Å². The summed E-state index contributed by atoms with van der Waals surface area (Å²) < 4.78 is 30.7. The number of amides is 2. The van der Waals surface area contributed by atoms with Gasteiger partial charge < -0.3 is 10.6 Å². The van der Waals surface area contributed by atoms with Crippen molar-refractivity contribution in [3.63, 3.8) is 0 Å². The van der Waals surface area contributed by atoms with E-state index in [1.54, 1.807) is 0 Å². The molecule has 0 unspecified atom stereocenters. The van der Waals surface area contributed by atoms with Gasteiger partial charge in [-0.15, -0.1) is 0 Å². The minimum Gasteiger partial charge on any atom is -0.308 e. The van der Waals surface area contributed by atoms with E-state index in [2.05, 4.69) is 10.6 Å². The van der Waals surface area contributed by atoms with Crippen molar-refractivity contribution in [1.82, 2.24) is 0 Å². The molecule has 0 fully saturated rings.